The zero-order chi connectivity index (χ0) is 17.7. The number of carbonyl (C=O) groups excluding carboxylic acids is 1. The second kappa shape index (κ2) is 20.3. The van der Waals surface area contributed by atoms with Crippen molar-refractivity contribution in [2.75, 3.05) is 12.4 Å². The Kier molecular flexibility index (Phi) is 19.6. The van der Waals surface area contributed by atoms with Gasteiger partial charge in [-0.1, -0.05) is 63.3 Å². The molecule has 0 fully saturated rings. The quantitative estimate of drug-likeness (QED) is 0.179. The second-order valence-electron chi connectivity index (χ2n) is 6.37. The predicted molar refractivity (Wildman–Crippen MR) is 108 cm³/mol. The second-order valence-corrected chi connectivity index (χ2v) is 6.75. The molecule has 0 aliphatic heterocycles. The zero-order valence-corrected chi connectivity index (χ0v) is 16.5. The van der Waals surface area contributed by atoms with E-state index in [0.29, 0.717) is 18.8 Å². The van der Waals surface area contributed by atoms with Crippen LogP contribution in [0.5, 0.6) is 0 Å². The summed E-state index contributed by atoms with van der Waals surface area (Å²) in [7, 11) is 0. The van der Waals surface area contributed by atoms with E-state index in [1.165, 1.54) is 51.4 Å². The minimum atomic E-state index is 0.172. The van der Waals surface area contributed by atoms with E-state index in [1.54, 1.807) is 0 Å². The smallest absolute Gasteiger partial charge is 0.219 e. The summed E-state index contributed by atoms with van der Waals surface area (Å²) in [6.07, 6.45) is 24.1. The van der Waals surface area contributed by atoms with Crippen LogP contribution >= 0.6 is 11.6 Å². The van der Waals surface area contributed by atoms with Crippen LogP contribution in [0.2, 0.25) is 0 Å². The Morgan fingerprint density at radius 2 is 1.46 bits per heavy atom. The maximum absolute atomic E-state index is 11.5. The van der Waals surface area contributed by atoms with E-state index in [-0.39, 0.29) is 5.91 Å². The van der Waals surface area contributed by atoms with Crippen molar-refractivity contribution in [2.45, 2.75) is 90.4 Å². The lowest BCUT2D eigenvalue weighted by Gasteiger charge is -2.03. The highest BCUT2D eigenvalue weighted by molar-refractivity contribution is 6.17. The zero-order valence-electron chi connectivity index (χ0n) is 15.7. The lowest BCUT2D eigenvalue weighted by molar-refractivity contribution is -0.121. The lowest BCUT2D eigenvalue weighted by Crippen LogP contribution is -2.24. The fraction of sp³-hybridized carbons (Fsp3) is 0.762. The van der Waals surface area contributed by atoms with Crippen LogP contribution < -0.4 is 5.32 Å². The molecule has 0 atom stereocenters. The van der Waals surface area contributed by atoms with Crippen molar-refractivity contribution in [3.8, 4) is 0 Å². The van der Waals surface area contributed by atoms with Gasteiger partial charge in [0, 0.05) is 18.8 Å². The Morgan fingerprint density at radius 1 is 0.833 bits per heavy atom. The van der Waals surface area contributed by atoms with Crippen molar-refractivity contribution >= 4 is 17.5 Å². The van der Waals surface area contributed by atoms with Crippen molar-refractivity contribution < 1.29 is 4.79 Å². The van der Waals surface area contributed by atoms with Crippen LogP contribution in [0, 0.1) is 0 Å². The number of halogens is 1. The maximum Gasteiger partial charge on any atom is 0.219 e. The average Bonchev–Trinajstić information content (AvgIpc) is 2.58. The van der Waals surface area contributed by atoms with Gasteiger partial charge in [-0.3, -0.25) is 4.79 Å². The Labute approximate surface area is 155 Å². The molecule has 0 aliphatic carbocycles. The molecule has 1 N–H and O–H groups in total. The molecule has 0 saturated heterocycles. The maximum atomic E-state index is 11.5. The molecule has 0 radical (unpaired) electrons. The number of rotatable bonds is 17. The fourth-order valence-corrected chi connectivity index (χ4v) is 2.61. The molecule has 1 amide bonds. The van der Waals surface area contributed by atoms with E-state index in [2.05, 4.69) is 36.5 Å². The molecule has 0 aromatic carbocycles. The van der Waals surface area contributed by atoms with Crippen molar-refractivity contribution in [1.29, 1.82) is 0 Å². The Balaban J connectivity index is 3.24. The number of nitrogens with one attached hydrogen (secondary N) is 1. The average molecular weight is 356 g/mol. The monoisotopic (exact) mass is 355 g/mol. The van der Waals surface area contributed by atoms with Crippen molar-refractivity contribution in [3.05, 3.63) is 24.3 Å². The third-order valence-corrected chi connectivity index (χ3v) is 4.25. The van der Waals surface area contributed by atoms with E-state index >= 15 is 0 Å². The normalized spacial score (nSPS) is 11.6. The summed E-state index contributed by atoms with van der Waals surface area (Å²) in [5.41, 5.74) is 0. The molecule has 0 aromatic heterocycles. The van der Waals surface area contributed by atoms with Gasteiger partial charge in [-0.2, -0.15) is 0 Å². The van der Waals surface area contributed by atoms with Crippen molar-refractivity contribution in [1.82, 2.24) is 5.32 Å². The SMILES string of the molecule is CCCCC/C=C\C/C=C\CCCCCCCC(=O)NCCCCl. The number of carbonyl (C=O) groups is 1. The molecule has 0 saturated carbocycles. The Morgan fingerprint density at radius 3 is 2.12 bits per heavy atom. The van der Waals surface area contributed by atoms with Gasteiger partial charge in [0.2, 0.25) is 5.91 Å². The first-order valence-electron chi connectivity index (χ1n) is 9.94. The highest BCUT2D eigenvalue weighted by Crippen LogP contribution is 2.08. The predicted octanol–water partition coefficient (Wildman–Crippen LogP) is 6.55. The van der Waals surface area contributed by atoms with Crippen LogP contribution in [0.3, 0.4) is 0 Å². The van der Waals surface area contributed by atoms with E-state index in [9.17, 15) is 4.79 Å². The number of amides is 1. The number of hydrogen-bond acceptors (Lipinski definition) is 1. The van der Waals surface area contributed by atoms with Crippen LogP contribution in [0.15, 0.2) is 24.3 Å². The molecular formula is C21H38ClNO. The topological polar surface area (TPSA) is 29.1 Å². The summed E-state index contributed by atoms with van der Waals surface area (Å²) in [6, 6.07) is 0. The number of hydrogen-bond donors (Lipinski definition) is 1. The van der Waals surface area contributed by atoms with Gasteiger partial charge in [0.1, 0.15) is 0 Å². The van der Waals surface area contributed by atoms with Gasteiger partial charge < -0.3 is 5.32 Å². The first-order valence-corrected chi connectivity index (χ1v) is 10.5. The summed E-state index contributed by atoms with van der Waals surface area (Å²) < 4.78 is 0. The molecule has 3 heteroatoms. The van der Waals surface area contributed by atoms with Gasteiger partial charge in [0.25, 0.3) is 0 Å². The Hall–Kier alpha value is -0.760. The summed E-state index contributed by atoms with van der Waals surface area (Å²) >= 11 is 5.57. The minimum Gasteiger partial charge on any atom is -0.356 e. The molecule has 2 nitrogen and oxygen atoms in total. The minimum absolute atomic E-state index is 0.172. The standard InChI is InChI=1S/C21H38ClNO/c1-2-3-4-5-6-7-8-9-10-11-12-13-14-15-16-18-21(24)23-20-17-19-22/h6-7,9-10H,2-5,8,11-20H2,1H3,(H,23,24)/b7-6-,10-9-. The van der Waals surface area contributed by atoms with Crippen molar-refractivity contribution in [2.24, 2.45) is 0 Å². The summed E-state index contributed by atoms with van der Waals surface area (Å²) in [4.78, 5) is 11.5. The van der Waals surface area contributed by atoms with Gasteiger partial charge in [0.05, 0.1) is 0 Å². The van der Waals surface area contributed by atoms with Gasteiger partial charge >= 0.3 is 0 Å². The molecular weight excluding hydrogens is 318 g/mol. The van der Waals surface area contributed by atoms with E-state index in [1.807, 2.05) is 0 Å². The summed E-state index contributed by atoms with van der Waals surface area (Å²) in [6.45, 7) is 2.95. The number of alkyl halides is 1. The molecule has 0 heterocycles. The summed E-state index contributed by atoms with van der Waals surface area (Å²) in [5, 5.41) is 2.90. The first-order chi connectivity index (χ1) is 11.8. The highest BCUT2D eigenvalue weighted by atomic mass is 35.5. The summed E-state index contributed by atoms with van der Waals surface area (Å²) in [5.74, 6) is 0.787. The van der Waals surface area contributed by atoms with Crippen LogP contribution in [0.1, 0.15) is 90.4 Å². The lowest BCUT2D eigenvalue weighted by atomic mass is 10.1. The largest absolute Gasteiger partial charge is 0.356 e. The molecule has 140 valence electrons. The van der Waals surface area contributed by atoms with Gasteiger partial charge in [0.15, 0.2) is 0 Å². The van der Waals surface area contributed by atoms with Gasteiger partial charge in [-0.15, -0.1) is 11.6 Å². The van der Waals surface area contributed by atoms with Crippen molar-refractivity contribution in [3.63, 3.8) is 0 Å². The highest BCUT2D eigenvalue weighted by Gasteiger charge is 1.99. The van der Waals surface area contributed by atoms with E-state index in [4.69, 9.17) is 11.6 Å². The van der Waals surface area contributed by atoms with Crippen LogP contribution in [-0.4, -0.2) is 18.3 Å². The van der Waals surface area contributed by atoms with Crippen LogP contribution in [0.4, 0.5) is 0 Å². The van der Waals surface area contributed by atoms with Gasteiger partial charge in [-0.05, 0) is 44.9 Å². The van der Waals surface area contributed by atoms with E-state index in [0.717, 1.165) is 25.7 Å². The molecule has 0 aliphatic rings. The number of unbranched alkanes of at least 4 members (excludes halogenated alkanes) is 8. The molecule has 0 bridgehead atoms. The molecule has 0 unspecified atom stereocenters. The third kappa shape index (κ3) is 19.3. The third-order valence-electron chi connectivity index (χ3n) is 3.99. The molecule has 0 aromatic rings. The molecule has 0 spiro atoms. The number of allylic oxidation sites excluding steroid dienone is 4. The van der Waals surface area contributed by atoms with Gasteiger partial charge in [-0.25, -0.2) is 0 Å². The molecule has 0 rings (SSSR count). The van der Waals surface area contributed by atoms with E-state index < -0.39 is 0 Å². The fourth-order valence-electron chi connectivity index (χ4n) is 2.48. The Bertz CT molecular complexity index is 326. The first kappa shape index (κ1) is 23.2. The van der Waals surface area contributed by atoms with Crippen LogP contribution in [-0.2, 0) is 4.79 Å². The van der Waals surface area contributed by atoms with Crippen LogP contribution in [0.25, 0.3) is 0 Å². The molecule has 24 heavy (non-hydrogen) atoms.